The van der Waals surface area contributed by atoms with Crippen molar-refractivity contribution in [2.75, 3.05) is 5.32 Å². The Hall–Kier alpha value is -2.92. The van der Waals surface area contributed by atoms with Crippen molar-refractivity contribution >= 4 is 34.2 Å². The second kappa shape index (κ2) is 6.18. The van der Waals surface area contributed by atoms with Crippen molar-refractivity contribution < 1.29 is 4.52 Å². The minimum atomic E-state index is 0.437. The van der Waals surface area contributed by atoms with Gasteiger partial charge in [-0.25, -0.2) is 4.98 Å². The van der Waals surface area contributed by atoms with Gasteiger partial charge in [-0.2, -0.15) is 4.98 Å². The molecule has 0 aliphatic heterocycles. The summed E-state index contributed by atoms with van der Waals surface area (Å²) in [5.74, 6) is 0.656. The number of hydrogen-bond acceptors (Lipinski definition) is 5. The van der Waals surface area contributed by atoms with Gasteiger partial charge in [-0.3, -0.25) is 0 Å². The van der Waals surface area contributed by atoms with Crippen molar-refractivity contribution in [1.29, 1.82) is 0 Å². The van der Waals surface area contributed by atoms with Gasteiger partial charge in [0.15, 0.2) is 0 Å². The van der Waals surface area contributed by atoms with Gasteiger partial charge in [0, 0.05) is 16.3 Å². The van der Waals surface area contributed by atoms with E-state index in [0.717, 1.165) is 22.2 Å². The summed E-state index contributed by atoms with van der Waals surface area (Å²) in [6.07, 6.45) is 1.46. The second-order valence-corrected chi connectivity index (χ2v) is 6.32. The molecule has 124 valence electrons. The number of nitrogens with zero attached hydrogens (tertiary/aromatic N) is 3. The SMILES string of the molecule is Cc1ccc(Nc2ncnc3onc(-c4ccc(Cl)cc4)c23)c(C)c1. The van der Waals surface area contributed by atoms with Gasteiger partial charge in [-0.05, 0) is 37.6 Å². The molecule has 0 saturated heterocycles. The summed E-state index contributed by atoms with van der Waals surface area (Å²) in [6.45, 7) is 4.12. The predicted octanol–water partition coefficient (Wildman–Crippen LogP) is 5.30. The molecule has 0 saturated carbocycles. The predicted molar refractivity (Wildman–Crippen MR) is 99.2 cm³/mol. The van der Waals surface area contributed by atoms with Crippen LogP contribution in [-0.4, -0.2) is 15.1 Å². The normalized spacial score (nSPS) is 11.0. The molecule has 0 radical (unpaired) electrons. The minimum Gasteiger partial charge on any atom is -0.339 e. The first-order chi connectivity index (χ1) is 12.1. The van der Waals surface area contributed by atoms with Crippen molar-refractivity contribution in [3.05, 3.63) is 64.9 Å². The molecule has 0 amide bonds. The van der Waals surface area contributed by atoms with Crippen molar-refractivity contribution in [3.8, 4) is 11.3 Å². The molecule has 2 aromatic heterocycles. The summed E-state index contributed by atoms with van der Waals surface area (Å²) in [5, 5.41) is 8.95. The van der Waals surface area contributed by atoms with E-state index in [2.05, 4.69) is 46.4 Å². The second-order valence-electron chi connectivity index (χ2n) is 5.88. The number of halogens is 1. The summed E-state index contributed by atoms with van der Waals surface area (Å²) < 4.78 is 5.39. The highest BCUT2D eigenvalue weighted by atomic mass is 35.5. The van der Waals surface area contributed by atoms with Crippen LogP contribution in [0.25, 0.3) is 22.4 Å². The third-order valence-corrected chi connectivity index (χ3v) is 4.28. The van der Waals surface area contributed by atoms with E-state index in [1.807, 2.05) is 30.3 Å². The molecule has 2 aromatic carbocycles. The van der Waals surface area contributed by atoms with Crippen LogP contribution in [0.5, 0.6) is 0 Å². The number of aryl methyl sites for hydroxylation is 2. The Morgan fingerprint density at radius 3 is 2.56 bits per heavy atom. The van der Waals surface area contributed by atoms with Crippen LogP contribution in [0.1, 0.15) is 11.1 Å². The molecule has 0 bridgehead atoms. The lowest BCUT2D eigenvalue weighted by Crippen LogP contribution is -1.98. The quantitative estimate of drug-likeness (QED) is 0.543. The van der Waals surface area contributed by atoms with Crippen molar-refractivity contribution in [1.82, 2.24) is 15.1 Å². The summed E-state index contributed by atoms with van der Waals surface area (Å²) in [6, 6.07) is 13.6. The lowest BCUT2D eigenvalue weighted by molar-refractivity contribution is 0.451. The maximum Gasteiger partial charge on any atom is 0.263 e. The summed E-state index contributed by atoms with van der Waals surface area (Å²) >= 11 is 5.98. The molecule has 0 unspecified atom stereocenters. The molecule has 1 N–H and O–H groups in total. The monoisotopic (exact) mass is 350 g/mol. The van der Waals surface area contributed by atoms with E-state index in [-0.39, 0.29) is 0 Å². The maximum atomic E-state index is 5.98. The van der Waals surface area contributed by atoms with Crippen LogP contribution in [0.15, 0.2) is 53.3 Å². The first-order valence-corrected chi connectivity index (χ1v) is 8.20. The highest BCUT2D eigenvalue weighted by Gasteiger charge is 2.17. The third-order valence-electron chi connectivity index (χ3n) is 4.03. The highest BCUT2D eigenvalue weighted by Crippen LogP contribution is 2.33. The fraction of sp³-hybridized carbons (Fsp3) is 0.105. The summed E-state index contributed by atoms with van der Waals surface area (Å²) in [5.41, 5.74) is 5.33. The van der Waals surface area contributed by atoms with Crippen LogP contribution in [0, 0.1) is 13.8 Å². The minimum absolute atomic E-state index is 0.437. The largest absolute Gasteiger partial charge is 0.339 e. The van der Waals surface area contributed by atoms with Gasteiger partial charge in [0.05, 0.1) is 0 Å². The first-order valence-electron chi connectivity index (χ1n) is 7.82. The van der Waals surface area contributed by atoms with Gasteiger partial charge in [-0.15, -0.1) is 0 Å². The maximum absolute atomic E-state index is 5.98. The van der Waals surface area contributed by atoms with Gasteiger partial charge in [0.2, 0.25) is 0 Å². The number of fused-ring (bicyclic) bond motifs is 1. The first kappa shape index (κ1) is 15.6. The number of rotatable bonds is 3. The third kappa shape index (κ3) is 2.94. The Morgan fingerprint density at radius 1 is 1.00 bits per heavy atom. The zero-order valence-corrected chi connectivity index (χ0v) is 14.5. The number of benzene rings is 2. The average Bonchev–Trinajstić information content (AvgIpc) is 3.03. The molecule has 2 heterocycles. The van der Waals surface area contributed by atoms with E-state index in [4.69, 9.17) is 16.1 Å². The molecular weight excluding hydrogens is 336 g/mol. The van der Waals surface area contributed by atoms with Crippen LogP contribution in [-0.2, 0) is 0 Å². The fourth-order valence-corrected chi connectivity index (χ4v) is 2.89. The number of nitrogens with one attached hydrogen (secondary N) is 1. The van der Waals surface area contributed by atoms with Gasteiger partial charge >= 0.3 is 0 Å². The number of anilines is 2. The molecule has 0 atom stereocenters. The van der Waals surface area contributed by atoms with Crippen molar-refractivity contribution in [2.45, 2.75) is 13.8 Å². The molecule has 5 nitrogen and oxygen atoms in total. The van der Waals surface area contributed by atoms with E-state index in [0.29, 0.717) is 22.2 Å². The molecule has 0 spiro atoms. The summed E-state index contributed by atoms with van der Waals surface area (Å²) in [7, 11) is 0. The van der Waals surface area contributed by atoms with Gasteiger partial charge in [0.25, 0.3) is 5.71 Å². The standard InChI is InChI=1S/C19H15ClN4O/c1-11-3-8-15(12(2)9-11)23-18-16-17(13-4-6-14(20)7-5-13)24-25-19(16)22-10-21-18/h3-10H,1-2H3,(H,21,22,23). The Morgan fingerprint density at radius 2 is 1.80 bits per heavy atom. The van der Waals surface area contributed by atoms with E-state index >= 15 is 0 Å². The Balaban J connectivity index is 1.84. The van der Waals surface area contributed by atoms with Crippen LogP contribution in [0.4, 0.5) is 11.5 Å². The Bertz CT molecular complexity index is 1060. The van der Waals surface area contributed by atoms with Crippen LogP contribution in [0.2, 0.25) is 5.02 Å². The molecule has 0 aliphatic carbocycles. The Labute approximate surface area is 149 Å². The van der Waals surface area contributed by atoms with Gasteiger partial charge in [-0.1, -0.05) is 46.6 Å². The molecular formula is C19H15ClN4O. The highest BCUT2D eigenvalue weighted by molar-refractivity contribution is 6.30. The zero-order valence-electron chi connectivity index (χ0n) is 13.7. The average molecular weight is 351 g/mol. The molecule has 6 heteroatoms. The van der Waals surface area contributed by atoms with Gasteiger partial charge < -0.3 is 9.84 Å². The molecule has 25 heavy (non-hydrogen) atoms. The van der Waals surface area contributed by atoms with E-state index in [1.54, 1.807) is 0 Å². The van der Waals surface area contributed by atoms with Crippen LogP contribution >= 0.6 is 11.6 Å². The Kier molecular flexibility index (Phi) is 3.86. The number of hydrogen-bond donors (Lipinski definition) is 1. The van der Waals surface area contributed by atoms with Crippen LogP contribution in [0.3, 0.4) is 0 Å². The van der Waals surface area contributed by atoms with E-state index < -0.39 is 0 Å². The molecule has 0 aliphatic rings. The van der Waals surface area contributed by atoms with Gasteiger partial charge in [0.1, 0.15) is 23.2 Å². The fourth-order valence-electron chi connectivity index (χ4n) is 2.77. The molecule has 4 aromatic rings. The van der Waals surface area contributed by atoms with Crippen molar-refractivity contribution in [3.63, 3.8) is 0 Å². The summed E-state index contributed by atoms with van der Waals surface area (Å²) in [4.78, 5) is 8.57. The lowest BCUT2D eigenvalue weighted by Gasteiger charge is -2.10. The molecule has 4 rings (SSSR count). The number of aromatic nitrogens is 3. The topological polar surface area (TPSA) is 63.8 Å². The lowest BCUT2D eigenvalue weighted by atomic mass is 10.1. The smallest absolute Gasteiger partial charge is 0.263 e. The molecule has 0 fully saturated rings. The van der Waals surface area contributed by atoms with Crippen molar-refractivity contribution in [2.24, 2.45) is 0 Å². The van der Waals surface area contributed by atoms with E-state index in [9.17, 15) is 0 Å². The zero-order chi connectivity index (χ0) is 17.4. The van der Waals surface area contributed by atoms with E-state index in [1.165, 1.54) is 11.9 Å². The van der Waals surface area contributed by atoms with Crippen LogP contribution < -0.4 is 5.32 Å².